The molecule has 1 atom stereocenters. The van der Waals surface area contributed by atoms with Crippen molar-refractivity contribution < 1.29 is 9.53 Å². The van der Waals surface area contributed by atoms with Gasteiger partial charge in [0.25, 0.3) is 5.91 Å². The van der Waals surface area contributed by atoms with Crippen LogP contribution in [-0.4, -0.2) is 40.1 Å². The molecule has 2 aliphatic rings. The van der Waals surface area contributed by atoms with Crippen molar-refractivity contribution >= 4 is 32.9 Å². The lowest BCUT2D eigenvalue weighted by atomic mass is 10.1. The third-order valence-electron chi connectivity index (χ3n) is 6.25. The highest BCUT2D eigenvalue weighted by Gasteiger charge is 2.27. The summed E-state index contributed by atoms with van der Waals surface area (Å²) in [7, 11) is 0. The van der Waals surface area contributed by atoms with E-state index in [0.29, 0.717) is 25.3 Å². The van der Waals surface area contributed by atoms with Crippen LogP contribution in [0, 0.1) is 0 Å². The minimum Gasteiger partial charge on any atom is -0.370 e. The highest BCUT2D eigenvalue weighted by Crippen LogP contribution is 2.31. The first-order chi connectivity index (χ1) is 14.6. The number of rotatable bonds is 3. The Morgan fingerprint density at radius 3 is 2.63 bits per heavy atom. The summed E-state index contributed by atoms with van der Waals surface area (Å²) in [6.45, 7) is 1.57. The second-order valence-corrected chi connectivity index (χ2v) is 9.05. The number of nitrogens with zero attached hydrogens (tertiary/aromatic N) is 2. The van der Waals surface area contributed by atoms with E-state index < -0.39 is 0 Å². The Morgan fingerprint density at radius 1 is 1.10 bits per heavy atom. The molecule has 156 valence electrons. The smallest absolute Gasteiger partial charge is 0.326 e. The van der Waals surface area contributed by atoms with Gasteiger partial charge < -0.3 is 14.6 Å². The number of hydrogen-bond donors (Lipinski definition) is 1. The number of aromatic nitrogens is 2. The van der Waals surface area contributed by atoms with Crippen LogP contribution in [0.2, 0.25) is 0 Å². The lowest BCUT2D eigenvalue weighted by Crippen LogP contribution is -2.42. The second kappa shape index (κ2) is 8.04. The van der Waals surface area contributed by atoms with Crippen LogP contribution in [0.25, 0.3) is 11.0 Å². The number of aromatic amines is 1. The molecule has 30 heavy (non-hydrogen) atoms. The molecule has 6 nitrogen and oxygen atoms in total. The van der Waals surface area contributed by atoms with Crippen LogP contribution >= 0.6 is 15.9 Å². The van der Waals surface area contributed by atoms with E-state index in [1.54, 1.807) is 0 Å². The van der Waals surface area contributed by atoms with E-state index in [1.165, 1.54) is 0 Å². The number of fused-ring (bicyclic) bond motifs is 1. The molecule has 0 spiro atoms. The summed E-state index contributed by atoms with van der Waals surface area (Å²) >= 11 is 3.45. The zero-order valence-electron chi connectivity index (χ0n) is 16.6. The number of imidazole rings is 1. The summed E-state index contributed by atoms with van der Waals surface area (Å²) in [6, 6.07) is 13.8. The van der Waals surface area contributed by atoms with Crippen LogP contribution in [-0.2, 0) is 4.74 Å². The molecule has 1 aliphatic heterocycles. The summed E-state index contributed by atoms with van der Waals surface area (Å²) in [5.74, 6) is -0.0308. The zero-order chi connectivity index (χ0) is 20.7. The average Bonchev–Trinajstić information content (AvgIpc) is 3.40. The molecule has 1 aromatic heterocycles. The van der Waals surface area contributed by atoms with Crippen molar-refractivity contribution in [3.63, 3.8) is 0 Å². The maximum Gasteiger partial charge on any atom is 0.326 e. The number of H-pyrrole nitrogens is 1. The second-order valence-electron chi connectivity index (χ2n) is 8.13. The van der Waals surface area contributed by atoms with E-state index in [2.05, 4.69) is 20.9 Å². The van der Waals surface area contributed by atoms with Gasteiger partial charge in [0, 0.05) is 22.6 Å². The van der Waals surface area contributed by atoms with Crippen LogP contribution < -0.4 is 5.69 Å². The van der Waals surface area contributed by atoms with E-state index in [1.807, 2.05) is 51.9 Å². The fraction of sp³-hybridized carbons (Fsp3) is 0.391. The summed E-state index contributed by atoms with van der Waals surface area (Å²) in [5, 5.41) is 0. The molecule has 1 aliphatic carbocycles. The molecule has 1 amide bonds. The Hall–Kier alpha value is -2.38. The van der Waals surface area contributed by atoms with Gasteiger partial charge in [-0.3, -0.25) is 9.36 Å². The molecule has 1 saturated heterocycles. The number of halogens is 1. The first-order valence-electron chi connectivity index (χ1n) is 10.5. The van der Waals surface area contributed by atoms with Crippen LogP contribution in [0.1, 0.15) is 53.8 Å². The summed E-state index contributed by atoms with van der Waals surface area (Å²) in [4.78, 5) is 30.5. The number of amides is 1. The van der Waals surface area contributed by atoms with Gasteiger partial charge in [-0.25, -0.2) is 4.79 Å². The van der Waals surface area contributed by atoms with Gasteiger partial charge in [0.15, 0.2) is 0 Å². The van der Waals surface area contributed by atoms with Gasteiger partial charge >= 0.3 is 5.69 Å². The summed E-state index contributed by atoms with van der Waals surface area (Å²) in [6.07, 6.45) is 4.27. The highest BCUT2D eigenvalue weighted by molar-refractivity contribution is 9.10. The van der Waals surface area contributed by atoms with Gasteiger partial charge in [-0.05, 0) is 48.7 Å². The van der Waals surface area contributed by atoms with Crippen LogP contribution in [0.15, 0.2) is 51.7 Å². The standard InChI is InChI=1S/C23H24BrN3O3/c24-17-8-5-15(6-9-17)21-14-26(11-12-30-21)22(28)16-7-10-20-19(13-16)25-23(29)27(20)18-3-1-2-4-18/h5-10,13,18,21H,1-4,11-12,14H2,(H,25,29). The van der Waals surface area contributed by atoms with Crippen molar-refractivity contribution in [3.05, 3.63) is 68.5 Å². The third-order valence-corrected chi connectivity index (χ3v) is 6.78. The number of ether oxygens (including phenoxy) is 1. The van der Waals surface area contributed by atoms with Crippen molar-refractivity contribution in [1.82, 2.24) is 14.5 Å². The van der Waals surface area contributed by atoms with E-state index in [-0.39, 0.29) is 23.7 Å². The van der Waals surface area contributed by atoms with E-state index in [9.17, 15) is 9.59 Å². The molecule has 7 heteroatoms. The van der Waals surface area contributed by atoms with Crippen LogP contribution in [0.5, 0.6) is 0 Å². The quantitative estimate of drug-likeness (QED) is 0.617. The molecule has 5 rings (SSSR count). The van der Waals surface area contributed by atoms with Crippen molar-refractivity contribution in [3.8, 4) is 0 Å². The topological polar surface area (TPSA) is 67.3 Å². The minimum atomic E-state index is -0.136. The molecular formula is C23H24BrN3O3. The Bertz CT molecular complexity index is 1130. The van der Waals surface area contributed by atoms with Gasteiger partial charge in [0.1, 0.15) is 6.10 Å². The maximum atomic E-state index is 13.2. The third kappa shape index (κ3) is 3.61. The lowest BCUT2D eigenvalue weighted by Gasteiger charge is -2.33. The molecule has 1 N–H and O–H groups in total. The molecule has 0 radical (unpaired) electrons. The monoisotopic (exact) mass is 469 g/mol. The van der Waals surface area contributed by atoms with Gasteiger partial charge in [0.2, 0.25) is 0 Å². The van der Waals surface area contributed by atoms with Gasteiger partial charge in [-0.2, -0.15) is 0 Å². The minimum absolute atomic E-state index is 0.0308. The maximum absolute atomic E-state index is 13.2. The largest absolute Gasteiger partial charge is 0.370 e. The normalized spacial score (nSPS) is 20.2. The van der Waals surface area contributed by atoms with E-state index in [4.69, 9.17) is 4.74 Å². The van der Waals surface area contributed by atoms with Gasteiger partial charge in [0.05, 0.1) is 24.2 Å². The summed E-state index contributed by atoms with van der Waals surface area (Å²) < 4.78 is 8.79. The van der Waals surface area contributed by atoms with Crippen molar-refractivity contribution in [2.75, 3.05) is 19.7 Å². The molecule has 2 fully saturated rings. The van der Waals surface area contributed by atoms with Crippen LogP contribution in [0.4, 0.5) is 0 Å². The fourth-order valence-electron chi connectivity index (χ4n) is 4.68. The number of hydrogen-bond acceptors (Lipinski definition) is 3. The van der Waals surface area contributed by atoms with Crippen molar-refractivity contribution in [2.45, 2.75) is 37.8 Å². The fourth-order valence-corrected chi connectivity index (χ4v) is 4.95. The number of carbonyl (C=O) groups excluding carboxylic acids is 1. The molecule has 2 aromatic carbocycles. The van der Waals surface area contributed by atoms with Gasteiger partial charge in [-0.15, -0.1) is 0 Å². The van der Waals surface area contributed by atoms with E-state index in [0.717, 1.165) is 46.8 Å². The lowest BCUT2D eigenvalue weighted by molar-refractivity contribution is -0.0228. The molecule has 1 saturated carbocycles. The highest BCUT2D eigenvalue weighted by atomic mass is 79.9. The van der Waals surface area contributed by atoms with Crippen molar-refractivity contribution in [2.24, 2.45) is 0 Å². The molecule has 2 heterocycles. The molecular weight excluding hydrogens is 446 g/mol. The molecule has 3 aromatic rings. The Morgan fingerprint density at radius 2 is 1.87 bits per heavy atom. The Kier molecular flexibility index (Phi) is 5.25. The molecule has 1 unspecified atom stereocenters. The number of nitrogens with one attached hydrogen (secondary N) is 1. The average molecular weight is 470 g/mol. The Labute approximate surface area is 183 Å². The zero-order valence-corrected chi connectivity index (χ0v) is 18.2. The van der Waals surface area contributed by atoms with Crippen LogP contribution in [0.3, 0.4) is 0 Å². The predicted octanol–water partition coefficient (Wildman–Crippen LogP) is 4.42. The van der Waals surface area contributed by atoms with E-state index >= 15 is 0 Å². The molecule has 0 bridgehead atoms. The number of carbonyl (C=O) groups is 1. The first-order valence-corrected chi connectivity index (χ1v) is 11.3. The Balaban J connectivity index is 1.39. The first kappa shape index (κ1) is 19.6. The number of benzene rings is 2. The predicted molar refractivity (Wildman–Crippen MR) is 119 cm³/mol. The number of morpholine rings is 1. The van der Waals surface area contributed by atoms with Crippen molar-refractivity contribution in [1.29, 1.82) is 0 Å². The van der Waals surface area contributed by atoms with Gasteiger partial charge in [-0.1, -0.05) is 40.9 Å². The SMILES string of the molecule is O=C(c1ccc2c(c1)[nH]c(=O)n2C1CCCC1)N1CCOC(c2ccc(Br)cc2)C1. The summed E-state index contributed by atoms with van der Waals surface area (Å²) in [5.41, 5.74) is 3.19.